The molecule has 0 spiro atoms. The van der Waals surface area contributed by atoms with Gasteiger partial charge in [-0.3, -0.25) is 9.59 Å². The Hall–Kier alpha value is -2.06. The Morgan fingerprint density at radius 2 is 1.77 bits per heavy atom. The molecule has 0 aliphatic carbocycles. The molecule has 0 heterocycles. The van der Waals surface area contributed by atoms with Gasteiger partial charge in [-0.1, -0.05) is 0 Å². The summed E-state index contributed by atoms with van der Waals surface area (Å²) in [6.45, 7) is 4.93. The van der Waals surface area contributed by atoms with Gasteiger partial charge in [0.15, 0.2) is 0 Å². The number of ether oxygens (including phenoxy) is 1. The van der Waals surface area contributed by atoms with Crippen molar-refractivity contribution in [3.05, 3.63) is 12.3 Å². The summed E-state index contributed by atoms with van der Waals surface area (Å²) < 4.78 is 40.8. The van der Waals surface area contributed by atoms with Crippen LogP contribution in [0.25, 0.3) is 0 Å². The minimum Gasteiger partial charge on any atom is -0.480 e. The summed E-state index contributed by atoms with van der Waals surface area (Å²) in [4.78, 5) is 32.9. The number of carboxylic acid groups (broad SMARTS) is 1. The van der Waals surface area contributed by atoms with E-state index in [1.807, 2.05) is 0 Å². The molecule has 0 saturated carbocycles. The van der Waals surface area contributed by atoms with Crippen molar-refractivity contribution in [1.82, 2.24) is 5.32 Å². The van der Waals surface area contributed by atoms with Crippen LogP contribution >= 0.6 is 0 Å². The van der Waals surface area contributed by atoms with Gasteiger partial charge in [-0.15, -0.1) is 0 Å². The van der Waals surface area contributed by atoms with E-state index in [1.54, 1.807) is 20.8 Å². The van der Waals surface area contributed by atoms with Crippen molar-refractivity contribution in [2.45, 2.75) is 51.4 Å². The van der Waals surface area contributed by atoms with Crippen LogP contribution in [0, 0.1) is 0 Å². The maximum atomic E-state index is 11.9. The van der Waals surface area contributed by atoms with E-state index < -0.39 is 35.5 Å². The highest BCUT2D eigenvalue weighted by molar-refractivity contribution is 5.94. The van der Waals surface area contributed by atoms with Crippen LogP contribution in [0.2, 0.25) is 0 Å². The maximum absolute atomic E-state index is 11.9. The standard InChI is InChI=1S/C13H18F3NO5/c1-12(2,3)22-10(19)5-4-8(11(20)21)17-7-6-9(18)13(14,15)16/h6-8,17H,4-5H2,1-3H3,(H,20,21)/b7-6-. The zero-order valence-electron chi connectivity index (χ0n) is 12.4. The van der Waals surface area contributed by atoms with Crippen molar-refractivity contribution >= 4 is 17.7 Å². The van der Waals surface area contributed by atoms with Gasteiger partial charge in [0.2, 0.25) is 0 Å². The van der Waals surface area contributed by atoms with Gasteiger partial charge in [0.25, 0.3) is 5.78 Å². The van der Waals surface area contributed by atoms with Crippen molar-refractivity contribution in [3.63, 3.8) is 0 Å². The van der Waals surface area contributed by atoms with Crippen LogP contribution in [0.5, 0.6) is 0 Å². The number of ketones is 1. The highest BCUT2D eigenvalue weighted by atomic mass is 19.4. The quantitative estimate of drug-likeness (QED) is 0.548. The molecule has 0 amide bonds. The van der Waals surface area contributed by atoms with Gasteiger partial charge in [-0.25, -0.2) is 4.79 Å². The monoisotopic (exact) mass is 325 g/mol. The number of hydrogen-bond donors (Lipinski definition) is 2. The van der Waals surface area contributed by atoms with Gasteiger partial charge in [0.1, 0.15) is 11.6 Å². The van der Waals surface area contributed by atoms with Gasteiger partial charge < -0.3 is 15.2 Å². The summed E-state index contributed by atoms with van der Waals surface area (Å²) >= 11 is 0. The molecule has 0 fully saturated rings. The molecule has 126 valence electrons. The van der Waals surface area contributed by atoms with E-state index >= 15 is 0 Å². The molecule has 9 heteroatoms. The first-order chi connectivity index (χ1) is 9.83. The number of allylic oxidation sites excluding steroid dienone is 1. The minimum atomic E-state index is -5.02. The summed E-state index contributed by atoms with van der Waals surface area (Å²) in [6.07, 6.45) is -4.67. The Morgan fingerprint density at radius 3 is 2.18 bits per heavy atom. The number of carbonyl (C=O) groups excluding carboxylic acids is 2. The summed E-state index contributed by atoms with van der Waals surface area (Å²) in [7, 11) is 0. The summed E-state index contributed by atoms with van der Waals surface area (Å²) in [5.41, 5.74) is -0.720. The second-order valence-electron chi connectivity index (χ2n) is 5.38. The third-order valence-corrected chi connectivity index (χ3v) is 2.17. The first-order valence-electron chi connectivity index (χ1n) is 6.31. The first kappa shape index (κ1) is 19.9. The zero-order valence-corrected chi connectivity index (χ0v) is 12.4. The average molecular weight is 325 g/mol. The highest BCUT2D eigenvalue weighted by Crippen LogP contribution is 2.16. The summed E-state index contributed by atoms with van der Waals surface area (Å²) in [5.74, 6) is -4.11. The van der Waals surface area contributed by atoms with Crippen LogP contribution in [-0.4, -0.2) is 40.6 Å². The molecule has 0 aliphatic rings. The van der Waals surface area contributed by atoms with E-state index in [9.17, 15) is 27.6 Å². The van der Waals surface area contributed by atoms with Crippen molar-refractivity contribution in [2.75, 3.05) is 0 Å². The van der Waals surface area contributed by atoms with Crippen LogP contribution in [0.4, 0.5) is 13.2 Å². The van der Waals surface area contributed by atoms with Crippen LogP contribution in [0.15, 0.2) is 12.3 Å². The third-order valence-electron chi connectivity index (χ3n) is 2.17. The van der Waals surface area contributed by atoms with Gasteiger partial charge >= 0.3 is 18.1 Å². The molecule has 0 aromatic carbocycles. The van der Waals surface area contributed by atoms with Crippen LogP contribution in [0.3, 0.4) is 0 Å². The Morgan fingerprint density at radius 1 is 1.23 bits per heavy atom. The summed E-state index contributed by atoms with van der Waals surface area (Å²) in [6, 6.07) is -1.31. The molecule has 2 N–H and O–H groups in total. The SMILES string of the molecule is CC(C)(C)OC(=O)CCC(N/C=C\C(=O)C(F)(F)F)C(=O)O. The van der Waals surface area contributed by atoms with Gasteiger partial charge in [-0.2, -0.15) is 13.2 Å². The van der Waals surface area contributed by atoms with Gasteiger partial charge in [0.05, 0.1) is 0 Å². The van der Waals surface area contributed by atoms with Crippen LogP contribution < -0.4 is 5.32 Å². The fraction of sp³-hybridized carbons (Fsp3) is 0.615. The normalized spacial score (nSPS) is 13.7. The van der Waals surface area contributed by atoms with Crippen molar-refractivity contribution < 1.29 is 37.4 Å². The lowest BCUT2D eigenvalue weighted by atomic mass is 10.1. The molecule has 6 nitrogen and oxygen atoms in total. The molecule has 0 bridgehead atoms. The molecule has 0 rings (SSSR count). The third kappa shape index (κ3) is 8.98. The van der Waals surface area contributed by atoms with Crippen LogP contribution in [0.1, 0.15) is 33.6 Å². The Labute approximate surface area is 125 Å². The van der Waals surface area contributed by atoms with E-state index in [0.717, 1.165) is 0 Å². The van der Waals surface area contributed by atoms with Gasteiger partial charge in [0, 0.05) is 18.7 Å². The van der Waals surface area contributed by atoms with E-state index in [1.165, 1.54) is 0 Å². The van der Waals surface area contributed by atoms with E-state index in [2.05, 4.69) is 5.32 Å². The number of rotatable bonds is 7. The predicted octanol–water partition coefficient (Wildman–Crippen LogP) is 1.80. The number of aliphatic carboxylic acids is 1. The van der Waals surface area contributed by atoms with Crippen molar-refractivity contribution in [3.8, 4) is 0 Å². The molecule has 0 aliphatic heterocycles. The number of halogens is 3. The van der Waals surface area contributed by atoms with Gasteiger partial charge in [-0.05, 0) is 27.2 Å². The van der Waals surface area contributed by atoms with Crippen LogP contribution in [-0.2, 0) is 19.1 Å². The smallest absolute Gasteiger partial charge is 0.454 e. The van der Waals surface area contributed by atoms with Crippen molar-refractivity contribution in [1.29, 1.82) is 0 Å². The number of nitrogens with one attached hydrogen (secondary N) is 1. The summed E-state index contributed by atoms with van der Waals surface area (Å²) in [5, 5.41) is 11.0. The lowest BCUT2D eigenvalue weighted by molar-refractivity contribution is -0.165. The van der Waals surface area contributed by atoms with Crippen molar-refractivity contribution in [2.24, 2.45) is 0 Å². The van der Waals surface area contributed by atoms with E-state index in [0.29, 0.717) is 6.20 Å². The predicted molar refractivity (Wildman–Crippen MR) is 69.8 cm³/mol. The molecular weight excluding hydrogens is 307 g/mol. The Bertz CT molecular complexity index is 452. The minimum absolute atomic E-state index is 0.184. The highest BCUT2D eigenvalue weighted by Gasteiger charge is 2.36. The lowest BCUT2D eigenvalue weighted by Gasteiger charge is -2.20. The number of carbonyl (C=O) groups is 3. The maximum Gasteiger partial charge on any atom is 0.454 e. The average Bonchev–Trinajstić information content (AvgIpc) is 2.29. The number of carboxylic acids is 1. The van der Waals surface area contributed by atoms with E-state index in [4.69, 9.17) is 9.84 Å². The second kappa shape index (κ2) is 7.81. The molecule has 0 saturated heterocycles. The molecule has 1 unspecified atom stereocenters. The Kier molecular flexibility index (Phi) is 7.08. The van der Waals surface area contributed by atoms with E-state index in [-0.39, 0.29) is 18.9 Å². The molecule has 0 aromatic rings. The molecule has 0 radical (unpaired) electrons. The first-order valence-corrected chi connectivity index (χ1v) is 6.31. The zero-order chi connectivity index (χ0) is 17.6. The lowest BCUT2D eigenvalue weighted by Crippen LogP contribution is -2.35. The topological polar surface area (TPSA) is 92.7 Å². The molecule has 1 atom stereocenters. The molecule has 22 heavy (non-hydrogen) atoms. The number of hydrogen-bond acceptors (Lipinski definition) is 5. The fourth-order valence-corrected chi connectivity index (χ4v) is 1.27. The second-order valence-corrected chi connectivity index (χ2v) is 5.38. The fourth-order valence-electron chi connectivity index (χ4n) is 1.27. The molecule has 0 aromatic heterocycles. The largest absolute Gasteiger partial charge is 0.480 e. The molecular formula is C13H18F3NO5. The number of alkyl halides is 3. The number of esters is 1. The Balaban J connectivity index is 4.46.